The molecule has 1 aromatic carbocycles. The third kappa shape index (κ3) is 3.33. The predicted molar refractivity (Wildman–Crippen MR) is 82.4 cm³/mol. The number of benzene rings is 1. The van der Waals surface area contributed by atoms with Crippen molar-refractivity contribution in [2.75, 3.05) is 33.4 Å². The fourth-order valence-corrected chi connectivity index (χ4v) is 3.12. The van der Waals surface area contributed by atoms with E-state index in [9.17, 15) is 0 Å². The van der Waals surface area contributed by atoms with E-state index >= 15 is 0 Å². The Morgan fingerprint density at radius 1 is 1.25 bits per heavy atom. The van der Waals surface area contributed by atoms with E-state index in [1.54, 1.807) is 7.11 Å². The van der Waals surface area contributed by atoms with E-state index in [-0.39, 0.29) is 0 Å². The zero-order valence-electron chi connectivity index (χ0n) is 12.9. The fraction of sp³-hybridized carbons (Fsp3) is 0.647. The molecular formula is C17H27NO2. The van der Waals surface area contributed by atoms with Gasteiger partial charge in [-0.25, -0.2) is 0 Å². The van der Waals surface area contributed by atoms with Crippen molar-refractivity contribution in [1.82, 2.24) is 5.32 Å². The van der Waals surface area contributed by atoms with Gasteiger partial charge in [0.25, 0.3) is 0 Å². The van der Waals surface area contributed by atoms with Gasteiger partial charge in [-0.05, 0) is 37.0 Å². The lowest BCUT2D eigenvalue weighted by atomic mass is 9.92. The first-order chi connectivity index (χ1) is 9.76. The van der Waals surface area contributed by atoms with Crippen molar-refractivity contribution in [3.05, 3.63) is 29.8 Å². The number of nitrogens with one attached hydrogen (secondary N) is 1. The van der Waals surface area contributed by atoms with Gasteiger partial charge in [0.15, 0.2) is 0 Å². The second-order valence-corrected chi connectivity index (χ2v) is 5.59. The maximum atomic E-state index is 5.53. The van der Waals surface area contributed by atoms with Crippen LogP contribution in [0.4, 0.5) is 0 Å². The number of hydrogen-bond donors (Lipinski definition) is 1. The van der Waals surface area contributed by atoms with Crippen molar-refractivity contribution in [2.24, 2.45) is 5.92 Å². The van der Waals surface area contributed by atoms with E-state index in [0.29, 0.717) is 5.41 Å². The maximum Gasteiger partial charge on any atom is 0.119 e. The Labute approximate surface area is 122 Å². The van der Waals surface area contributed by atoms with Crippen LogP contribution in [0.1, 0.15) is 32.3 Å². The highest BCUT2D eigenvalue weighted by atomic mass is 16.5. The molecular weight excluding hydrogens is 250 g/mol. The fourth-order valence-electron chi connectivity index (χ4n) is 3.12. The van der Waals surface area contributed by atoms with Gasteiger partial charge >= 0.3 is 0 Å². The van der Waals surface area contributed by atoms with Crippen LogP contribution in [0.15, 0.2) is 24.3 Å². The third-order valence-electron chi connectivity index (χ3n) is 4.39. The van der Waals surface area contributed by atoms with Gasteiger partial charge in [-0.3, -0.25) is 0 Å². The Hall–Kier alpha value is -1.06. The summed E-state index contributed by atoms with van der Waals surface area (Å²) in [5, 5.41) is 3.54. The lowest BCUT2D eigenvalue weighted by molar-refractivity contribution is 0.198. The predicted octanol–water partition coefficient (Wildman–Crippen LogP) is 2.99. The van der Waals surface area contributed by atoms with Gasteiger partial charge in [0, 0.05) is 25.6 Å². The molecule has 0 amide bonds. The van der Waals surface area contributed by atoms with Gasteiger partial charge in [0.2, 0.25) is 0 Å². The molecule has 112 valence electrons. The zero-order chi connectivity index (χ0) is 14.4. The molecule has 1 aliphatic carbocycles. The lowest BCUT2D eigenvalue weighted by Crippen LogP contribution is -2.31. The molecule has 1 saturated carbocycles. The SMILES string of the molecule is CCOc1ccc(C2(CNCCOC)CC2CC)cc1. The maximum absolute atomic E-state index is 5.53. The van der Waals surface area contributed by atoms with Crippen LogP contribution < -0.4 is 10.1 Å². The van der Waals surface area contributed by atoms with Gasteiger partial charge in [0.05, 0.1) is 13.2 Å². The van der Waals surface area contributed by atoms with Crippen molar-refractivity contribution in [2.45, 2.75) is 32.1 Å². The molecule has 2 unspecified atom stereocenters. The van der Waals surface area contributed by atoms with Crippen molar-refractivity contribution in [3.63, 3.8) is 0 Å². The zero-order valence-corrected chi connectivity index (χ0v) is 12.9. The average molecular weight is 277 g/mol. The summed E-state index contributed by atoms with van der Waals surface area (Å²) in [6, 6.07) is 8.67. The minimum absolute atomic E-state index is 0.327. The van der Waals surface area contributed by atoms with E-state index < -0.39 is 0 Å². The third-order valence-corrected chi connectivity index (χ3v) is 4.39. The van der Waals surface area contributed by atoms with Gasteiger partial charge in [-0.2, -0.15) is 0 Å². The Kier molecular flexibility index (Phi) is 5.44. The van der Waals surface area contributed by atoms with E-state index in [2.05, 4.69) is 36.5 Å². The molecule has 0 saturated heterocycles. The van der Waals surface area contributed by atoms with Crippen molar-refractivity contribution in [1.29, 1.82) is 0 Å². The summed E-state index contributed by atoms with van der Waals surface area (Å²) in [5.74, 6) is 1.77. The van der Waals surface area contributed by atoms with Crippen LogP contribution in [0.3, 0.4) is 0 Å². The molecule has 2 rings (SSSR count). The molecule has 2 atom stereocenters. The molecule has 1 fully saturated rings. The summed E-state index contributed by atoms with van der Waals surface area (Å²) in [5.41, 5.74) is 1.77. The van der Waals surface area contributed by atoms with Crippen molar-refractivity contribution in [3.8, 4) is 5.75 Å². The summed E-state index contributed by atoms with van der Waals surface area (Å²) in [6.07, 6.45) is 2.54. The highest BCUT2D eigenvalue weighted by molar-refractivity contribution is 5.38. The minimum Gasteiger partial charge on any atom is -0.494 e. The summed E-state index contributed by atoms with van der Waals surface area (Å²) in [7, 11) is 1.75. The highest BCUT2D eigenvalue weighted by Crippen LogP contribution is 2.55. The van der Waals surface area contributed by atoms with Crippen LogP contribution in [0.25, 0.3) is 0 Å². The van der Waals surface area contributed by atoms with Crippen LogP contribution in [0, 0.1) is 5.92 Å². The molecule has 0 bridgehead atoms. The summed E-state index contributed by atoms with van der Waals surface area (Å²) in [4.78, 5) is 0. The lowest BCUT2D eigenvalue weighted by Gasteiger charge is -2.19. The Morgan fingerprint density at radius 2 is 2.00 bits per heavy atom. The van der Waals surface area contributed by atoms with E-state index in [4.69, 9.17) is 9.47 Å². The number of hydrogen-bond acceptors (Lipinski definition) is 3. The Balaban J connectivity index is 2.01. The largest absolute Gasteiger partial charge is 0.494 e. The smallest absolute Gasteiger partial charge is 0.119 e. The van der Waals surface area contributed by atoms with Crippen LogP contribution in [-0.4, -0.2) is 33.4 Å². The molecule has 3 heteroatoms. The molecule has 0 aliphatic heterocycles. The molecule has 1 aliphatic rings. The van der Waals surface area contributed by atoms with Gasteiger partial charge < -0.3 is 14.8 Å². The Bertz CT molecular complexity index is 404. The Morgan fingerprint density at radius 3 is 2.55 bits per heavy atom. The first-order valence-corrected chi connectivity index (χ1v) is 7.69. The van der Waals surface area contributed by atoms with E-state index in [1.165, 1.54) is 18.4 Å². The first-order valence-electron chi connectivity index (χ1n) is 7.69. The van der Waals surface area contributed by atoms with E-state index in [1.807, 2.05) is 6.92 Å². The second kappa shape index (κ2) is 7.09. The monoisotopic (exact) mass is 277 g/mol. The highest BCUT2D eigenvalue weighted by Gasteiger charge is 2.53. The van der Waals surface area contributed by atoms with Gasteiger partial charge in [0.1, 0.15) is 5.75 Å². The molecule has 20 heavy (non-hydrogen) atoms. The van der Waals surface area contributed by atoms with Crippen LogP contribution >= 0.6 is 0 Å². The molecule has 0 spiro atoms. The topological polar surface area (TPSA) is 30.5 Å². The average Bonchev–Trinajstić information content (AvgIpc) is 3.20. The quantitative estimate of drug-likeness (QED) is 0.704. The number of rotatable bonds is 9. The normalized spacial score (nSPS) is 24.6. The van der Waals surface area contributed by atoms with Crippen LogP contribution in [0.5, 0.6) is 5.75 Å². The summed E-state index contributed by atoms with van der Waals surface area (Å²) >= 11 is 0. The first kappa shape index (κ1) is 15.3. The van der Waals surface area contributed by atoms with Crippen molar-refractivity contribution >= 4 is 0 Å². The standard InChI is InChI=1S/C17H27NO2/c1-4-14-12-17(14,13-18-10-11-19-3)15-6-8-16(9-7-15)20-5-2/h6-9,14,18H,4-5,10-13H2,1-3H3. The summed E-state index contributed by atoms with van der Waals surface area (Å²) < 4.78 is 10.6. The molecule has 3 nitrogen and oxygen atoms in total. The van der Waals surface area contributed by atoms with Crippen molar-refractivity contribution < 1.29 is 9.47 Å². The second-order valence-electron chi connectivity index (χ2n) is 5.59. The molecule has 1 N–H and O–H groups in total. The molecule has 0 heterocycles. The minimum atomic E-state index is 0.327. The number of methoxy groups -OCH3 is 1. The molecule has 0 aromatic heterocycles. The van der Waals surface area contributed by atoms with Gasteiger partial charge in [-0.1, -0.05) is 25.5 Å². The van der Waals surface area contributed by atoms with Crippen LogP contribution in [-0.2, 0) is 10.2 Å². The van der Waals surface area contributed by atoms with Gasteiger partial charge in [-0.15, -0.1) is 0 Å². The molecule has 1 aromatic rings. The number of ether oxygens (including phenoxy) is 2. The van der Waals surface area contributed by atoms with E-state index in [0.717, 1.165) is 38.0 Å². The van der Waals surface area contributed by atoms with Crippen LogP contribution in [0.2, 0.25) is 0 Å². The summed E-state index contributed by atoms with van der Waals surface area (Å²) in [6.45, 7) is 7.77. The molecule has 0 radical (unpaired) electrons.